The van der Waals surface area contributed by atoms with Crippen molar-refractivity contribution in [3.05, 3.63) is 157 Å². The van der Waals surface area contributed by atoms with Gasteiger partial charge in [-0.1, -0.05) is 159 Å². The fourth-order valence-electron chi connectivity index (χ4n) is 6.83. The minimum atomic E-state index is -3.32. The molecule has 6 aromatic carbocycles. The summed E-state index contributed by atoms with van der Waals surface area (Å²) >= 11 is 0. The lowest BCUT2D eigenvalue weighted by Crippen LogP contribution is -2.47. The minimum absolute atomic E-state index is 0.235. The summed E-state index contributed by atoms with van der Waals surface area (Å²) in [5.41, 5.74) is 1.93. The fraction of sp³-hybridized carbons (Fsp3) is 0.105. The van der Waals surface area contributed by atoms with Crippen LogP contribution in [0.5, 0.6) is 0 Å². The third-order valence-corrected chi connectivity index (χ3v) is 15.0. The van der Waals surface area contributed by atoms with Crippen molar-refractivity contribution >= 4 is 56.9 Å². The average molecular weight is 583 g/mol. The van der Waals surface area contributed by atoms with E-state index < -0.39 is 14.3 Å². The van der Waals surface area contributed by atoms with E-state index in [0.29, 0.717) is 0 Å². The van der Waals surface area contributed by atoms with Crippen LogP contribution in [0.15, 0.2) is 146 Å². The summed E-state index contributed by atoms with van der Waals surface area (Å²) in [5.74, 6) is 0. The van der Waals surface area contributed by atoms with E-state index in [2.05, 4.69) is 26.0 Å². The second kappa shape index (κ2) is 10.1. The predicted octanol–water partition coefficient (Wildman–Crippen LogP) is 6.95. The van der Waals surface area contributed by atoms with E-state index in [-0.39, 0.29) is 5.41 Å². The van der Waals surface area contributed by atoms with E-state index in [4.69, 9.17) is 0 Å². The van der Waals surface area contributed by atoms with Gasteiger partial charge < -0.3 is 9.13 Å². The second-order valence-corrected chi connectivity index (χ2v) is 17.1. The van der Waals surface area contributed by atoms with Gasteiger partial charge >= 0.3 is 0 Å². The van der Waals surface area contributed by atoms with Crippen LogP contribution in [0.25, 0.3) is 10.8 Å². The molecule has 0 aromatic heterocycles. The van der Waals surface area contributed by atoms with Crippen LogP contribution in [0.2, 0.25) is 0 Å². The third-order valence-electron chi connectivity index (χ3n) is 8.67. The Hall–Kier alpha value is -3.96. The molecule has 0 atom stereocenters. The summed E-state index contributed by atoms with van der Waals surface area (Å²) < 4.78 is 31.8. The van der Waals surface area contributed by atoms with Crippen LogP contribution >= 0.6 is 14.3 Å². The zero-order chi connectivity index (χ0) is 29.0. The van der Waals surface area contributed by atoms with Gasteiger partial charge in [0, 0.05) is 31.8 Å². The zero-order valence-corrected chi connectivity index (χ0v) is 25.6. The van der Waals surface area contributed by atoms with E-state index in [1.807, 2.05) is 133 Å². The summed E-state index contributed by atoms with van der Waals surface area (Å²) in [5, 5.41) is 6.87. The Morgan fingerprint density at radius 2 is 0.762 bits per heavy atom. The Morgan fingerprint density at radius 1 is 0.452 bits per heavy atom. The molecule has 0 aliphatic heterocycles. The first-order valence-electron chi connectivity index (χ1n) is 14.4. The second-order valence-electron chi connectivity index (χ2n) is 11.7. The molecular formula is C38H32O2P2. The molecule has 206 valence electrons. The molecule has 42 heavy (non-hydrogen) atoms. The number of fused-ring (bicyclic) bond motifs is 2. The van der Waals surface area contributed by atoms with E-state index in [0.717, 1.165) is 60.1 Å². The highest BCUT2D eigenvalue weighted by molar-refractivity contribution is 7.86. The summed E-state index contributed by atoms with van der Waals surface area (Å²) in [6.07, 6.45) is 0.767. The van der Waals surface area contributed by atoms with Crippen molar-refractivity contribution in [2.24, 2.45) is 0 Å². The maximum atomic E-state index is 16.0. The van der Waals surface area contributed by atoms with Crippen LogP contribution in [-0.4, -0.2) is 0 Å². The molecule has 0 heterocycles. The SMILES string of the molecule is CC1(C)Cc2c1c(P(=O)(c1ccccc1)c1ccccc1)c1ccccc1c2P(=O)(c1ccccc1)c1ccccc1. The highest BCUT2D eigenvalue weighted by Crippen LogP contribution is 2.56. The lowest BCUT2D eigenvalue weighted by Gasteiger charge is -2.45. The van der Waals surface area contributed by atoms with Gasteiger partial charge in [-0.15, -0.1) is 0 Å². The lowest BCUT2D eigenvalue weighted by atomic mass is 9.66. The number of hydrogen-bond acceptors (Lipinski definition) is 2. The summed E-state index contributed by atoms with van der Waals surface area (Å²) in [4.78, 5) is 0. The van der Waals surface area contributed by atoms with Crippen molar-refractivity contribution in [2.45, 2.75) is 25.7 Å². The van der Waals surface area contributed by atoms with Gasteiger partial charge in [-0.25, -0.2) is 0 Å². The first-order chi connectivity index (χ1) is 20.4. The van der Waals surface area contributed by atoms with Crippen molar-refractivity contribution in [2.75, 3.05) is 0 Å². The van der Waals surface area contributed by atoms with Gasteiger partial charge in [0.1, 0.15) is 0 Å². The molecule has 0 amide bonds. The molecule has 0 unspecified atom stereocenters. The quantitative estimate of drug-likeness (QED) is 0.199. The van der Waals surface area contributed by atoms with Gasteiger partial charge in [-0.2, -0.15) is 0 Å². The summed E-state index contributed by atoms with van der Waals surface area (Å²) in [6.45, 7) is 4.46. The summed E-state index contributed by atoms with van der Waals surface area (Å²) in [7, 11) is -6.62. The van der Waals surface area contributed by atoms with Crippen LogP contribution in [-0.2, 0) is 21.0 Å². The molecule has 1 aliphatic rings. The van der Waals surface area contributed by atoms with Gasteiger partial charge in [0.05, 0.1) is 0 Å². The molecule has 4 heteroatoms. The maximum Gasteiger partial charge on any atom is 0.171 e. The van der Waals surface area contributed by atoms with Crippen molar-refractivity contribution < 1.29 is 9.13 Å². The molecule has 7 rings (SSSR count). The molecular weight excluding hydrogens is 550 g/mol. The molecule has 0 fully saturated rings. The maximum absolute atomic E-state index is 16.0. The first-order valence-corrected chi connectivity index (χ1v) is 17.8. The Kier molecular flexibility index (Phi) is 6.47. The molecule has 1 aliphatic carbocycles. The molecule has 6 aromatic rings. The highest BCUT2D eigenvalue weighted by atomic mass is 31.2. The van der Waals surface area contributed by atoms with Crippen LogP contribution in [0, 0.1) is 0 Å². The average Bonchev–Trinajstić information content (AvgIpc) is 3.05. The monoisotopic (exact) mass is 582 g/mol. The summed E-state index contributed by atoms with van der Waals surface area (Å²) in [6, 6.07) is 47.8. The van der Waals surface area contributed by atoms with E-state index in [9.17, 15) is 0 Å². The number of benzene rings is 6. The number of hydrogen-bond donors (Lipinski definition) is 0. The van der Waals surface area contributed by atoms with E-state index in [1.165, 1.54) is 0 Å². The molecule has 0 N–H and O–H groups in total. The third kappa shape index (κ3) is 3.94. The van der Waals surface area contributed by atoms with Gasteiger partial charge in [-0.05, 0) is 33.7 Å². The van der Waals surface area contributed by atoms with E-state index >= 15 is 9.13 Å². The molecule has 0 bridgehead atoms. The van der Waals surface area contributed by atoms with Crippen molar-refractivity contribution in [1.29, 1.82) is 0 Å². The minimum Gasteiger partial charge on any atom is -0.309 e. The normalized spacial score (nSPS) is 14.2. The van der Waals surface area contributed by atoms with Gasteiger partial charge in [0.25, 0.3) is 0 Å². The standard InChI is InChI=1S/C38H32O2P2/c1-38(2)27-34-35(38)37(42(40,30-21-11-5-12-22-30)31-23-13-6-14-24-31)33-26-16-15-25-32(33)36(34)41(39,28-17-7-3-8-18-28)29-19-9-4-10-20-29/h3-26H,27H2,1-2H3. The number of rotatable bonds is 6. The molecule has 2 nitrogen and oxygen atoms in total. The van der Waals surface area contributed by atoms with Crippen LogP contribution in [0.4, 0.5) is 0 Å². The van der Waals surface area contributed by atoms with Crippen LogP contribution in [0.1, 0.15) is 25.0 Å². The predicted molar refractivity (Wildman–Crippen MR) is 179 cm³/mol. The topological polar surface area (TPSA) is 34.1 Å². The van der Waals surface area contributed by atoms with Crippen molar-refractivity contribution in [3.8, 4) is 0 Å². The van der Waals surface area contributed by atoms with Crippen molar-refractivity contribution in [3.63, 3.8) is 0 Å². The largest absolute Gasteiger partial charge is 0.309 e. The fourth-order valence-corrected chi connectivity index (χ4v) is 13.2. The molecule has 0 saturated heterocycles. The Morgan fingerprint density at radius 3 is 1.12 bits per heavy atom. The van der Waals surface area contributed by atoms with Crippen LogP contribution in [0.3, 0.4) is 0 Å². The van der Waals surface area contributed by atoms with Gasteiger partial charge in [0.2, 0.25) is 0 Å². The van der Waals surface area contributed by atoms with Gasteiger partial charge in [0.15, 0.2) is 14.3 Å². The van der Waals surface area contributed by atoms with Crippen LogP contribution < -0.4 is 31.8 Å². The lowest BCUT2D eigenvalue weighted by molar-refractivity contribution is 0.462. The Balaban J connectivity index is 1.67. The Labute approximate surface area is 247 Å². The zero-order valence-electron chi connectivity index (χ0n) is 23.8. The molecule has 0 saturated carbocycles. The Bertz CT molecular complexity index is 1930. The van der Waals surface area contributed by atoms with Crippen molar-refractivity contribution in [1.82, 2.24) is 0 Å². The first kappa shape index (κ1) is 26.9. The molecule has 0 radical (unpaired) electrons. The smallest absolute Gasteiger partial charge is 0.171 e. The van der Waals surface area contributed by atoms with E-state index in [1.54, 1.807) is 0 Å². The molecule has 0 spiro atoms. The highest BCUT2D eigenvalue weighted by Gasteiger charge is 2.48. The van der Waals surface area contributed by atoms with Gasteiger partial charge in [-0.3, -0.25) is 0 Å².